The lowest BCUT2D eigenvalue weighted by molar-refractivity contribution is -0.119. The van der Waals surface area contributed by atoms with Crippen molar-refractivity contribution in [2.75, 3.05) is 10.7 Å². The average molecular weight is 406 g/mol. The number of benzene rings is 2. The number of rotatable bonds is 4. The van der Waals surface area contributed by atoms with Gasteiger partial charge in [0.05, 0.1) is 21.2 Å². The number of halogens is 2. The summed E-state index contributed by atoms with van der Waals surface area (Å²) in [5.74, 6) is -0.00588. The highest BCUT2D eigenvalue weighted by atomic mass is 35.5. The predicted molar refractivity (Wildman–Crippen MR) is 110 cm³/mol. The fraction of sp³-hybridized carbons (Fsp3) is 0.200. The first-order chi connectivity index (χ1) is 12.3. The van der Waals surface area contributed by atoms with Crippen LogP contribution in [0.25, 0.3) is 5.57 Å². The van der Waals surface area contributed by atoms with E-state index in [4.69, 9.17) is 23.2 Å². The van der Waals surface area contributed by atoms with E-state index >= 15 is 0 Å². The third kappa shape index (κ3) is 3.29. The second kappa shape index (κ2) is 7.47. The molecule has 0 aliphatic carbocycles. The number of carbonyl (C=O) groups is 2. The minimum Gasteiger partial charge on any atom is -0.268 e. The molecule has 0 spiro atoms. The highest BCUT2D eigenvalue weighted by molar-refractivity contribution is 8.04. The summed E-state index contributed by atoms with van der Waals surface area (Å²) >= 11 is 13.6. The summed E-state index contributed by atoms with van der Waals surface area (Å²) in [4.78, 5) is 27.8. The second-order valence-corrected chi connectivity index (χ2v) is 8.09. The molecule has 0 bridgehead atoms. The predicted octanol–water partition coefficient (Wildman–Crippen LogP) is 5.65. The Morgan fingerprint density at radius 1 is 0.962 bits per heavy atom. The zero-order chi connectivity index (χ0) is 19.0. The molecule has 2 aromatic carbocycles. The molecule has 3 rings (SSSR count). The first-order valence-corrected chi connectivity index (χ1v) is 9.87. The van der Waals surface area contributed by atoms with Gasteiger partial charge in [0.15, 0.2) is 0 Å². The lowest BCUT2D eigenvalue weighted by atomic mass is 10.1. The molecule has 0 saturated heterocycles. The lowest BCUT2D eigenvalue weighted by Gasteiger charge is -2.16. The monoisotopic (exact) mass is 405 g/mol. The average Bonchev–Trinajstić information content (AvgIpc) is 2.82. The van der Waals surface area contributed by atoms with E-state index in [0.29, 0.717) is 37.5 Å². The molecule has 0 N–H and O–H groups in total. The van der Waals surface area contributed by atoms with Crippen molar-refractivity contribution in [2.45, 2.75) is 20.8 Å². The minimum absolute atomic E-state index is 0.314. The van der Waals surface area contributed by atoms with E-state index in [1.54, 1.807) is 24.3 Å². The van der Waals surface area contributed by atoms with Crippen LogP contribution in [0.5, 0.6) is 0 Å². The van der Waals surface area contributed by atoms with Crippen molar-refractivity contribution < 1.29 is 9.59 Å². The van der Waals surface area contributed by atoms with Gasteiger partial charge in [0, 0.05) is 10.6 Å². The summed E-state index contributed by atoms with van der Waals surface area (Å²) in [6, 6.07) is 10.5. The van der Waals surface area contributed by atoms with Gasteiger partial charge in [-0.15, -0.1) is 11.8 Å². The fourth-order valence-corrected chi connectivity index (χ4v) is 4.16. The molecule has 2 aromatic rings. The summed E-state index contributed by atoms with van der Waals surface area (Å²) < 4.78 is 0. The normalized spacial score (nSPS) is 14.6. The highest BCUT2D eigenvalue weighted by Crippen LogP contribution is 2.41. The van der Waals surface area contributed by atoms with Crippen molar-refractivity contribution in [3.05, 3.63) is 68.0 Å². The molecule has 0 aromatic heterocycles. The maximum Gasteiger partial charge on any atom is 0.272 e. The smallest absolute Gasteiger partial charge is 0.268 e. The van der Waals surface area contributed by atoms with E-state index in [1.165, 1.54) is 16.7 Å². The van der Waals surface area contributed by atoms with Gasteiger partial charge in [-0.1, -0.05) is 42.3 Å². The Bertz CT molecular complexity index is 953. The Labute approximate surface area is 167 Å². The number of thioether (sulfide) groups is 1. The molecule has 0 fully saturated rings. The van der Waals surface area contributed by atoms with E-state index in [9.17, 15) is 9.59 Å². The van der Waals surface area contributed by atoms with Gasteiger partial charge < -0.3 is 0 Å². The SMILES string of the molecule is CCSC1=C(c2ccc(Cl)cc2Cl)C(=O)N(c2ccc(C)c(C)c2)C1=O. The van der Waals surface area contributed by atoms with Crippen LogP contribution in [0.1, 0.15) is 23.6 Å². The van der Waals surface area contributed by atoms with Crippen LogP contribution >= 0.6 is 35.0 Å². The molecule has 2 amide bonds. The Morgan fingerprint density at radius 3 is 2.31 bits per heavy atom. The van der Waals surface area contributed by atoms with Crippen LogP contribution < -0.4 is 4.90 Å². The Balaban J connectivity index is 2.13. The van der Waals surface area contributed by atoms with Gasteiger partial charge in [0.25, 0.3) is 11.8 Å². The number of hydrogen-bond acceptors (Lipinski definition) is 3. The van der Waals surface area contributed by atoms with Crippen molar-refractivity contribution in [3.8, 4) is 0 Å². The van der Waals surface area contributed by atoms with Gasteiger partial charge in [0.2, 0.25) is 0 Å². The third-order valence-electron chi connectivity index (χ3n) is 4.28. The molecular weight excluding hydrogens is 389 g/mol. The third-order valence-corrected chi connectivity index (χ3v) is 5.78. The zero-order valence-electron chi connectivity index (χ0n) is 14.6. The van der Waals surface area contributed by atoms with E-state index in [-0.39, 0.29) is 11.8 Å². The molecule has 6 heteroatoms. The van der Waals surface area contributed by atoms with Crippen molar-refractivity contribution >= 4 is 58.0 Å². The second-order valence-electron chi connectivity index (χ2n) is 5.98. The van der Waals surface area contributed by atoms with Crippen LogP contribution in [-0.4, -0.2) is 17.6 Å². The van der Waals surface area contributed by atoms with E-state index in [1.807, 2.05) is 32.9 Å². The van der Waals surface area contributed by atoms with Gasteiger partial charge in [0.1, 0.15) is 0 Å². The van der Waals surface area contributed by atoms with Crippen LogP contribution in [-0.2, 0) is 9.59 Å². The summed E-state index contributed by atoms with van der Waals surface area (Å²) in [5.41, 5.74) is 3.55. The van der Waals surface area contributed by atoms with Gasteiger partial charge in [-0.2, -0.15) is 0 Å². The number of hydrogen-bond donors (Lipinski definition) is 0. The molecule has 1 heterocycles. The zero-order valence-corrected chi connectivity index (χ0v) is 16.9. The summed E-state index contributed by atoms with van der Waals surface area (Å²) in [6.45, 7) is 5.88. The number of nitrogens with zero attached hydrogens (tertiary/aromatic N) is 1. The van der Waals surface area contributed by atoms with Crippen LogP contribution in [0.4, 0.5) is 5.69 Å². The molecular formula is C20H17Cl2NO2S. The first-order valence-electron chi connectivity index (χ1n) is 8.13. The van der Waals surface area contributed by atoms with E-state index in [2.05, 4.69) is 0 Å². The number of imide groups is 1. The quantitative estimate of drug-likeness (QED) is 0.616. The topological polar surface area (TPSA) is 37.4 Å². The van der Waals surface area contributed by atoms with E-state index in [0.717, 1.165) is 11.1 Å². The number of carbonyl (C=O) groups excluding carboxylic acids is 2. The molecule has 26 heavy (non-hydrogen) atoms. The largest absolute Gasteiger partial charge is 0.272 e. The van der Waals surface area contributed by atoms with Gasteiger partial charge in [-0.3, -0.25) is 9.59 Å². The van der Waals surface area contributed by atoms with Gasteiger partial charge >= 0.3 is 0 Å². The standard InChI is InChI=1S/C20H17Cl2NO2S/c1-4-26-18-17(15-8-6-13(21)10-16(15)22)19(24)23(20(18)25)14-7-5-11(2)12(3)9-14/h5-10H,4H2,1-3H3. The number of amides is 2. The van der Waals surface area contributed by atoms with Crippen molar-refractivity contribution in [1.82, 2.24) is 0 Å². The molecule has 0 saturated carbocycles. The van der Waals surface area contributed by atoms with Crippen molar-refractivity contribution in [3.63, 3.8) is 0 Å². The van der Waals surface area contributed by atoms with Crippen LogP contribution in [0.15, 0.2) is 41.3 Å². The number of aryl methyl sites for hydroxylation is 2. The highest BCUT2D eigenvalue weighted by Gasteiger charge is 2.40. The molecule has 3 nitrogen and oxygen atoms in total. The summed E-state index contributed by atoms with van der Waals surface area (Å²) in [7, 11) is 0. The first kappa shape index (κ1) is 19.0. The Kier molecular flexibility index (Phi) is 5.47. The maximum absolute atomic E-state index is 13.2. The summed E-state index contributed by atoms with van der Waals surface area (Å²) in [5, 5.41) is 0.830. The number of anilines is 1. The Morgan fingerprint density at radius 2 is 1.69 bits per heavy atom. The van der Waals surface area contributed by atoms with Gasteiger partial charge in [-0.05, 0) is 55.0 Å². The van der Waals surface area contributed by atoms with Crippen molar-refractivity contribution in [1.29, 1.82) is 0 Å². The van der Waals surface area contributed by atoms with Crippen molar-refractivity contribution in [2.24, 2.45) is 0 Å². The fourth-order valence-electron chi connectivity index (χ4n) is 2.82. The minimum atomic E-state index is -0.363. The maximum atomic E-state index is 13.2. The van der Waals surface area contributed by atoms with Crippen LogP contribution in [0, 0.1) is 13.8 Å². The molecule has 134 valence electrons. The van der Waals surface area contributed by atoms with E-state index < -0.39 is 0 Å². The van der Waals surface area contributed by atoms with Gasteiger partial charge in [-0.25, -0.2) is 4.90 Å². The molecule has 0 atom stereocenters. The molecule has 0 unspecified atom stereocenters. The molecule has 1 aliphatic heterocycles. The lowest BCUT2D eigenvalue weighted by Crippen LogP contribution is -2.31. The molecule has 0 radical (unpaired) electrons. The van der Waals surface area contributed by atoms with Crippen LogP contribution in [0.2, 0.25) is 10.0 Å². The molecule has 1 aliphatic rings. The Hall–Kier alpha value is -1.75. The summed E-state index contributed by atoms with van der Waals surface area (Å²) in [6.07, 6.45) is 0. The van der Waals surface area contributed by atoms with Crippen LogP contribution in [0.3, 0.4) is 0 Å².